The van der Waals surface area contributed by atoms with Crippen LogP contribution in [0.1, 0.15) is 5.56 Å². The third-order valence-corrected chi connectivity index (χ3v) is 3.66. The summed E-state index contributed by atoms with van der Waals surface area (Å²) in [5.41, 5.74) is 1.10. The lowest BCUT2D eigenvalue weighted by Gasteiger charge is -2.09. The lowest BCUT2D eigenvalue weighted by atomic mass is 10.2. The number of ether oxygens (including phenoxy) is 2. The number of carbonyl (C=O) groups is 1. The van der Waals surface area contributed by atoms with Gasteiger partial charge in [-0.05, 0) is 42.0 Å². The summed E-state index contributed by atoms with van der Waals surface area (Å²) in [6.07, 6.45) is 1.46. The van der Waals surface area contributed by atoms with Crippen molar-refractivity contribution in [1.29, 1.82) is 0 Å². The molecule has 2 aromatic carbocycles. The van der Waals surface area contributed by atoms with E-state index in [0.717, 1.165) is 11.3 Å². The van der Waals surface area contributed by atoms with Gasteiger partial charge in [-0.1, -0.05) is 41.9 Å². The van der Waals surface area contributed by atoms with E-state index in [0.29, 0.717) is 23.2 Å². The van der Waals surface area contributed by atoms with Gasteiger partial charge in [0.25, 0.3) is 5.91 Å². The number of benzene rings is 2. The summed E-state index contributed by atoms with van der Waals surface area (Å²) in [5.74, 6) is 1.43. The smallest absolute Gasteiger partial charge is 0.263 e. The molecule has 0 atom stereocenters. The average Bonchev–Trinajstić information content (AvgIpc) is 2.68. The van der Waals surface area contributed by atoms with Crippen molar-refractivity contribution in [3.63, 3.8) is 0 Å². The monoisotopic (exact) mass is 368 g/mol. The maximum Gasteiger partial charge on any atom is 0.263 e. The van der Waals surface area contributed by atoms with E-state index in [-0.39, 0.29) is 12.5 Å². The Balaban J connectivity index is 1.45. The molecular weight excluding hydrogens is 352 g/mol. The lowest BCUT2D eigenvalue weighted by Crippen LogP contribution is -2.20. The fourth-order valence-corrected chi connectivity index (χ4v) is 2.26. The van der Waals surface area contributed by atoms with E-state index in [1.807, 2.05) is 30.3 Å². The van der Waals surface area contributed by atoms with E-state index >= 15 is 0 Å². The number of halogens is 1. The van der Waals surface area contributed by atoms with Crippen LogP contribution < -0.4 is 14.8 Å². The van der Waals surface area contributed by atoms with Gasteiger partial charge >= 0.3 is 0 Å². The molecule has 1 heterocycles. The Kier molecular flexibility index (Phi) is 6.06. The van der Waals surface area contributed by atoms with E-state index in [9.17, 15) is 4.79 Å². The SMILES string of the molecule is O=C(COc1ccc(OCc2ccccc2)cc1)Nc1ccc(Cl)cn1. The third-order valence-electron chi connectivity index (χ3n) is 3.44. The second-order valence-electron chi connectivity index (χ2n) is 5.44. The zero-order chi connectivity index (χ0) is 18.2. The van der Waals surface area contributed by atoms with Crippen LogP contribution in [0.2, 0.25) is 5.02 Å². The van der Waals surface area contributed by atoms with Crippen molar-refractivity contribution in [3.8, 4) is 11.5 Å². The first kappa shape index (κ1) is 17.8. The Morgan fingerprint density at radius 2 is 1.62 bits per heavy atom. The summed E-state index contributed by atoms with van der Waals surface area (Å²) in [7, 11) is 0. The molecule has 26 heavy (non-hydrogen) atoms. The van der Waals surface area contributed by atoms with Crippen LogP contribution in [-0.4, -0.2) is 17.5 Å². The number of aromatic nitrogens is 1. The van der Waals surface area contributed by atoms with E-state index in [4.69, 9.17) is 21.1 Å². The summed E-state index contributed by atoms with van der Waals surface area (Å²) < 4.78 is 11.2. The van der Waals surface area contributed by atoms with Gasteiger partial charge in [0.2, 0.25) is 0 Å². The van der Waals surface area contributed by atoms with E-state index in [1.54, 1.807) is 36.4 Å². The van der Waals surface area contributed by atoms with Gasteiger partial charge in [-0.3, -0.25) is 4.79 Å². The molecule has 1 aromatic heterocycles. The van der Waals surface area contributed by atoms with Gasteiger partial charge in [0.1, 0.15) is 23.9 Å². The summed E-state index contributed by atoms with van der Waals surface area (Å²) in [6.45, 7) is 0.381. The topological polar surface area (TPSA) is 60.5 Å². The molecule has 0 saturated heterocycles. The first-order valence-corrected chi connectivity index (χ1v) is 8.38. The first-order chi connectivity index (χ1) is 12.7. The Morgan fingerprint density at radius 3 is 2.27 bits per heavy atom. The lowest BCUT2D eigenvalue weighted by molar-refractivity contribution is -0.118. The molecule has 0 bridgehead atoms. The van der Waals surface area contributed by atoms with Crippen molar-refractivity contribution in [2.24, 2.45) is 0 Å². The summed E-state index contributed by atoms with van der Waals surface area (Å²) in [6, 6.07) is 20.3. The molecule has 6 heteroatoms. The molecule has 3 rings (SSSR count). The second-order valence-corrected chi connectivity index (χ2v) is 5.88. The van der Waals surface area contributed by atoms with Crippen LogP contribution in [-0.2, 0) is 11.4 Å². The van der Waals surface area contributed by atoms with Gasteiger partial charge in [-0.15, -0.1) is 0 Å². The average molecular weight is 369 g/mol. The van der Waals surface area contributed by atoms with Crippen LogP contribution >= 0.6 is 11.6 Å². The number of amides is 1. The molecule has 0 spiro atoms. The molecular formula is C20H17ClN2O3. The summed E-state index contributed by atoms with van der Waals surface area (Å²) in [4.78, 5) is 15.9. The Bertz CT molecular complexity index is 837. The van der Waals surface area contributed by atoms with E-state index < -0.39 is 0 Å². The number of nitrogens with one attached hydrogen (secondary N) is 1. The quantitative estimate of drug-likeness (QED) is 0.674. The molecule has 0 aliphatic carbocycles. The van der Waals surface area contributed by atoms with Crippen molar-refractivity contribution in [1.82, 2.24) is 4.98 Å². The second kappa shape index (κ2) is 8.87. The fraction of sp³-hybridized carbons (Fsp3) is 0.100. The number of pyridine rings is 1. The largest absolute Gasteiger partial charge is 0.489 e. The van der Waals surface area contributed by atoms with Gasteiger partial charge in [-0.2, -0.15) is 0 Å². The normalized spacial score (nSPS) is 10.2. The van der Waals surface area contributed by atoms with Crippen LogP contribution in [0.3, 0.4) is 0 Å². The van der Waals surface area contributed by atoms with Crippen molar-refractivity contribution in [3.05, 3.63) is 83.5 Å². The molecule has 3 aromatic rings. The highest BCUT2D eigenvalue weighted by atomic mass is 35.5. The van der Waals surface area contributed by atoms with E-state index in [1.165, 1.54) is 6.20 Å². The van der Waals surface area contributed by atoms with Gasteiger partial charge in [0.15, 0.2) is 6.61 Å². The molecule has 0 radical (unpaired) electrons. The third kappa shape index (κ3) is 5.50. The van der Waals surface area contributed by atoms with Crippen LogP contribution in [0, 0.1) is 0 Å². The number of anilines is 1. The molecule has 0 aliphatic heterocycles. The van der Waals surface area contributed by atoms with Crippen LogP contribution in [0.25, 0.3) is 0 Å². The van der Waals surface area contributed by atoms with Crippen LogP contribution in [0.15, 0.2) is 72.9 Å². The minimum atomic E-state index is -0.302. The van der Waals surface area contributed by atoms with Crippen molar-refractivity contribution in [2.45, 2.75) is 6.61 Å². The number of hydrogen-bond donors (Lipinski definition) is 1. The maximum atomic E-state index is 11.9. The number of nitrogens with zero attached hydrogens (tertiary/aromatic N) is 1. The zero-order valence-corrected chi connectivity index (χ0v) is 14.6. The molecule has 1 N–H and O–H groups in total. The highest BCUT2D eigenvalue weighted by Gasteiger charge is 2.05. The summed E-state index contributed by atoms with van der Waals surface area (Å²) in [5, 5.41) is 3.14. The maximum absolute atomic E-state index is 11.9. The molecule has 0 fully saturated rings. The molecule has 0 unspecified atom stereocenters. The molecule has 0 aliphatic rings. The predicted molar refractivity (Wildman–Crippen MR) is 101 cm³/mol. The number of carbonyl (C=O) groups excluding carboxylic acids is 1. The van der Waals surface area contributed by atoms with Gasteiger partial charge in [0.05, 0.1) is 5.02 Å². The van der Waals surface area contributed by atoms with Gasteiger partial charge in [-0.25, -0.2) is 4.98 Å². The van der Waals surface area contributed by atoms with Crippen molar-refractivity contribution in [2.75, 3.05) is 11.9 Å². The zero-order valence-electron chi connectivity index (χ0n) is 13.9. The standard InChI is InChI=1S/C20H17ClN2O3/c21-16-6-11-19(22-12-16)23-20(24)14-26-18-9-7-17(8-10-18)25-13-15-4-2-1-3-5-15/h1-12H,13-14H2,(H,22,23,24). The minimum absolute atomic E-state index is 0.117. The molecule has 132 valence electrons. The Hall–Kier alpha value is -3.05. The minimum Gasteiger partial charge on any atom is -0.489 e. The molecule has 5 nitrogen and oxygen atoms in total. The first-order valence-electron chi connectivity index (χ1n) is 8.00. The predicted octanol–water partition coefficient (Wildman–Crippen LogP) is 4.33. The van der Waals surface area contributed by atoms with Gasteiger partial charge in [0, 0.05) is 6.20 Å². The highest BCUT2D eigenvalue weighted by molar-refractivity contribution is 6.30. The van der Waals surface area contributed by atoms with Crippen molar-refractivity contribution < 1.29 is 14.3 Å². The van der Waals surface area contributed by atoms with Crippen LogP contribution in [0.4, 0.5) is 5.82 Å². The number of rotatable bonds is 7. The number of hydrogen-bond acceptors (Lipinski definition) is 4. The van der Waals surface area contributed by atoms with Crippen molar-refractivity contribution >= 4 is 23.3 Å². The summed E-state index contributed by atoms with van der Waals surface area (Å²) >= 11 is 5.75. The fourth-order valence-electron chi connectivity index (χ4n) is 2.15. The Morgan fingerprint density at radius 1 is 0.923 bits per heavy atom. The molecule has 1 amide bonds. The molecule has 0 saturated carbocycles. The van der Waals surface area contributed by atoms with E-state index in [2.05, 4.69) is 10.3 Å². The van der Waals surface area contributed by atoms with Crippen LogP contribution in [0.5, 0.6) is 11.5 Å². The Labute approximate surface area is 156 Å². The van der Waals surface area contributed by atoms with Gasteiger partial charge < -0.3 is 14.8 Å². The highest BCUT2D eigenvalue weighted by Crippen LogP contribution is 2.19.